The lowest BCUT2D eigenvalue weighted by Crippen LogP contribution is -2.25. The van der Waals surface area contributed by atoms with E-state index in [1.165, 1.54) is 11.1 Å². The highest BCUT2D eigenvalue weighted by Gasteiger charge is 2.21. The fourth-order valence-electron chi connectivity index (χ4n) is 2.43. The lowest BCUT2D eigenvalue weighted by atomic mass is 10.1. The molecule has 1 N–H and O–H groups in total. The molecule has 1 aliphatic heterocycles. The third-order valence-corrected chi connectivity index (χ3v) is 4.05. The predicted molar refractivity (Wildman–Crippen MR) is 77.9 cm³/mol. The number of nitrogens with one attached hydrogen (secondary N) is 1. The van der Waals surface area contributed by atoms with Crippen LogP contribution in [0.1, 0.15) is 20.3 Å². The molecule has 1 atom stereocenters. The zero-order chi connectivity index (χ0) is 13.8. The van der Waals surface area contributed by atoms with Crippen LogP contribution in [0.15, 0.2) is 11.0 Å². The Morgan fingerprint density at radius 1 is 1.47 bits per heavy atom. The molecule has 0 saturated carbocycles. The van der Waals surface area contributed by atoms with Crippen LogP contribution in [-0.2, 0) is 6.54 Å². The van der Waals surface area contributed by atoms with Crippen LogP contribution in [0.2, 0.25) is 5.02 Å². The summed E-state index contributed by atoms with van der Waals surface area (Å²) in [5, 5.41) is 7.58. The molecule has 6 heteroatoms. The van der Waals surface area contributed by atoms with Gasteiger partial charge >= 0.3 is 0 Å². The number of hydrogen-bond donors (Lipinski definition) is 1. The van der Waals surface area contributed by atoms with Crippen LogP contribution in [0.25, 0.3) is 0 Å². The van der Waals surface area contributed by atoms with Crippen molar-refractivity contribution in [3.63, 3.8) is 0 Å². The molecule has 0 bridgehead atoms. The highest BCUT2D eigenvalue weighted by atomic mass is 35.5. The van der Waals surface area contributed by atoms with Gasteiger partial charge in [-0.1, -0.05) is 18.5 Å². The Bertz CT molecular complexity index is 488. The van der Waals surface area contributed by atoms with Crippen molar-refractivity contribution in [2.75, 3.05) is 31.5 Å². The zero-order valence-electron chi connectivity index (χ0n) is 11.5. The molecule has 0 aromatic carbocycles. The molecule has 1 fully saturated rings. The van der Waals surface area contributed by atoms with Crippen LogP contribution in [0.3, 0.4) is 0 Å². The van der Waals surface area contributed by atoms with Crippen molar-refractivity contribution >= 4 is 17.3 Å². The van der Waals surface area contributed by atoms with E-state index in [-0.39, 0.29) is 10.6 Å². The molecule has 1 saturated heterocycles. The molecule has 19 heavy (non-hydrogen) atoms. The Hall–Kier alpha value is -1.07. The smallest absolute Gasteiger partial charge is 0.287 e. The van der Waals surface area contributed by atoms with Gasteiger partial charge in [-0.15, -0.1) is 0 Å². The number of halogens is 1. The lowest BCUT2D eigenvalue weighted by Gasteiger charge is -2.15. The summed E-state index contributed by atoms with van der Waals surface area (Å²) >= 11 is 6.07. The monoisotopic (exact) mass is 284 g/mol. The zero-order valence-corrected chi connectivity index (χ0v) is 12.3. The number of aromatic nitrogens is 2. The number of rotatable bonds is 5. The van der Waals surface area contributed by atoms with Gasteiger partial charge in [0.1, 0.15) is 5.02 Å². The van der Waals surface area contributed by atoms with Crippen LogP contribution in [0, 0.1) is 5.92 Å². The molecule has 1 aromatic rings. The molecule has 1 aromatic heterocycles. The summed E-state index contributed by atoms with van der Waals surface area (Å²) in [5.41, 5.74) is 0.419. The van der Waals surface area contributed by atoms with Gasteiger partial charge in [-0.05, 0) is 32.4 Å². The maximum Gasteiger partial charge on any atom is 0.287 e. The predicted octanol–water partition coefficient (Wildman–Crippen LogP) is 1.67. The average molecular weight is 285 g/mol. The Kier molecular flexibility index (Phi) is 4.82. The summed E-state index contributed by atoms with van der Waals surface area (Å²) < 4.78 is 1.36. The van der Waals surface area contributed by atoms with E-state index in [0.29, 0.717) is 18.2 Å². The summed E-state index contributed by atoms with van der Waals surface area (Å²) in [6.45, 7) is 8.80. The molecule has 0 spiro atoms. The molecule has 2 rings (SSSR count). The molecular formula is C13H21ClN4O. The average Bonchev–Trinajstić information content (AvgIpc) is 2.88. The first-order valence-corrected chi connectivity index (χ1v) is 7.25. The standard InChI is InChI=1S/C13H21ClN4O/c1-3-17-6-5-10(9-17)7-15-11-8-16-18(4-2)13(19)12(11)14/h8,10,15H,3-7,9H2,1-2H3. The molecular weight excluding hydrogens is 264 g/mol. The van der Waals surface area contributed by atoms with Crippen LogP contribution in [0.4, 0.5) is 5.69 Å². The van der Waals surface area contributed by atoms with E-state index in [1.807, 2.05) is 6.92 Å². The van der Waals surface area contributed by atoms with Gasteiger partial charge < -0.3 is 10.2 Å². The fraction of sp³-hybridized carbons (Fsp3) is 0.692. The molecule has 106 valence electrons. The van der Waals surface area contributed by atoms with Gasteiger partial charge in [0.15, 0.2) is 0 Å². The van der Waals surface area contributed by atoms with Crippen LogP contribution >= 0.6 is 11.6 Å². The maximum absolute atomic E-state index is 11.8. The molecule has 0 radical (unpaired) electrons. The third-order valence-electron chi connectivity index (χ3n) is 3.68. The highest BCUT2D eigenvalue weighted by Crippen LogP contribution is 2.19. The first kappa shape index (κ1) is 14.3. The van der Waals surface area contributed by atoms with Gasteiger partial charge in [0.05, 0.1) is 11.9 Å². The number of aryl methyl sites for hydroxylation is 1. The molecule has 5 nitrogen and oxygen atoms in total. The minimum absolute atomic E-state index is 0.226. The van der Waals surface area contributed by atoms with Gasteiger partial charge in [0.25, 0.3) is 5.56 Å². The van der Waals surface area contributed by atoms with Crippen molar-refractivity contribution < 1.29 is 0 Å². The maximum atomic E-state index is 11.8. The number of anilines is 1. The minimum Gasteiger partial charge on any atom is -0.382 e. The second-order valence-corrected chi connectivity index (χ2v) is 5.30. The van der Waals surface area contributed by atoms with E-state index in [0.717, 1.165) is 26.2 Å². The Balaban J connectivity index is 1.97. The van der Waals surface area contributed by atoms with Gasteiger partial charge in [-0.2, -0.15) is 5.10 Å². The largest absolute Gasteiger partial charge is 0.382 e. The minimum atomic E-state index is -0.226. The lowest BCUT2D eigenvalue weighted by molar-refractivity contribution is 0.345. The normalized spacial score (nSPS) is 19.8. The molecule has 0 aliphatic carbocycles. The summed E-state index contributed by atoms with van der Waals surface area (Å²) in [7, 11) is 0. The van der Waals surface area contributed by atoms with E-state index < -0.39 is 0 Å². The second kappa shape index (κ2) is 6.39. The number of nitrogens with zero attached hydrogens (tertiary/aromatic N) is 3. The highest BCUT2D eigenvalue weighted by molar-refractivity contribution is 6.32. The Morgan fingerprint density at radius 2 is 2.26 bits per heavy atom. The molecule has 1 aliphatic rings. The van der Waals surface area contributed by atoms with Crippen molar-refractivity contribution in [3.8, 4) is 0 Å². The molecule has 0 amide bonds. The van der Waals surface area contributed by atoms with Gasteiger partial charge in [0, 0.05) is 19.6 Å². The van der Waals surface area contributed by atoms with Crippen molar-refractivity contribution in [3.05, 3.63) is 21.6 Å². The van der Waals surface area contributed by atoms with E-state index in [2.05, 4.69) is 22.2 Å². The molecule has 2 heterocycles. The summed E-state index contributed by atoms with van der Waals surface area (Å²) in [6.07, 6.45) is 2.83. The van der Waals surface area contributed by atoms with E-state index in [1.54, 1.807) is 6.20 Å². The van der Waals surface area contributed by atoms with Gasteiger partial charge in [0.2, 0.25) is 0 Å². The van der Waals surface area contributed by atoms with Crippen molar-refractivity contribution in [1.82, 2.24) is 14.7 Å². The number of likely N-dealkylation sites (tertiary alicyclic amines) is 1. The van der Waals surface area contributed by atoms with Gasteiger partial charge in [-0.25, -0.2) is 4.68 Å². The topological polar surface area (TPSA) is 50.2 Å². The van der Waals surface area contributed by atoms with Crippen LogP contribution in [0.5, 0.6) is 0 Å². The molecule has 1 unspecified atom stereocenters. The second-order valence-electron chi connectivity index (χ2n) is 4.92. The third kappa shape index (κ3) is 3.28. The van der Waals surface area contributed by atoms with Crippen molar-refractivity contribution in [2.24, 2.45) is 5.92 Å². The summed E-state index contributed by atoms with van der Waals surface area (Å²) in [6, 6.07) is 0. The Labute approximate surface area is 118 Å². The van der Waals surface area contributed by atoms with E-state index in [9.17, 15) is 4.79 Å². The summed E-state index contributed by atoms with van der Waals surface area (Å²) in [4.78, 5) is 14.3. The fourth-order valence-corrected chi connectivity index (χ4v) is 2.65. The van der Waals surface area contributed by atoms with E-state index >= 15 is 0 Å². The Morgan fingerprint density at radius 3 is 2.89 bits per heavy atom. The SMILES string of the molecule is CCN1CCC(CNc2cnn(CC)c(=O)c2Cl)C1. The summed E-state index contributed by atoms with van der Waals surface area (Å²) in [5.74, 6) is 0.615. The first-order valence-electron chi connectivity index (χ1n) is 6.87. The van der Waals surface area contributed by atoms with Crippen LogP contribution < -0.4 is 10.9 Å². The van der Waals surface area contributed by atoms with Gasteiger partial charge in [-0.3, -0.25) is 4.79 Å². The van der Waals surface area contributed by atoms with E-state index in [4.69, 9.17) is 11.6 Å². The van der Waals surface area contributed by atoms with Crippen LogP contribution in [-0.4, -0.2) is 40.9 Å². The number of hydrogen-bond acceptors (Lipinski definition) is 4. The van der Waals surface area contributed by atoms with Crippen molar-refractivity contribution in [1.29, 1.82) is 0 Å². The quantitative estimate of drug-likeness (QED) is 0.894. The first-order chi connectivity index (χ1) is 9.15. The van der Waals surface area contributed by atoms with Crippen molar-refractivity contribution in [2.45, 2.75) is 26.8 Å².